The normalized spacial score (nSPS) is 41.7. The third-order valence-electron chi connectivity index (χ3n) is 6.49. The Morgan fingerprint density at radius 2 is 2.09 bits per heavy atom. The zero-order valence-corrected chi connectivity index (χ0v) is 14.4. The molecule has 0 spiro atoms. The molecule has 4 rings (SSSR count). The summed E-state index contributed by atoms with van der Waals surface area (Å²) in [6, 6.07) is 2.10. The number of hydrogen-bond donors (Lipinski definition) is 1. The minimum Gasteiger partial charge on any atom is -0.362 e. The smallest absolute Gasteiger partial charge is 0.0797 e. The molecular weight excluding hydrogens is 290 g/mol. The average Bonchev–Trinajstić information content (AvgIpc) is 2.54. The van der Waals surface area contributed by atoms with Crippen molar-refractivity contribution in [1.82, 2.24) is 15.1 Å². The Kier molecular flexibility index (Phi) is 4.27. The van der Waals surface area contributed by atoms with E-state index in [0.29, 0.717) is 12.1 Å². The Labute approximate surface area is 140 Å². The number of nitrogens with one attached hydrogen (secondary N) is 1. The Bertz CT molecular complexity index is 450. The summed E-state index contributed by atoms with van der Waals surface area (Å²) in [7, 11) is 0. The molecule has 0 aromatic carbocycles. The van der Waals surface area contributed by atoms with Gasteiger partial charge in [-0.05, 0) is 57.0 Å². The molecule has 4 heterocycles. The van der Waals surface area contributed by atoms with Gasteiger partial charge in [-0.2, -0.15) is 0 Å². The van der Waals surface area contributed by atoms with Crippen LogP contribution in [-0.4, -0.2) is 59.1 Å². The molecule has 22 heavy (non-hydrogen) atoms. The first kappa shape index (κ1) is 15.1. The van der Waals surface area contributed by atoms with Crippen LogP contribution in [0.5, 0.6) is 0 Å². The van der Waals surface area contributed by atoms with Gasteiger partial charge < -0.3 is 10.2 Å². The van der Waals surface area contributed by atoms with Gasteiger partial charge in [0.25, 0.3) is 0 Å². The number of nitrogens with zero attached hydrogens (tertiary/aromatic N) is 2. The number of hydrogen-bond acceptors (Lipinski definition) is 3. The quantitative estimate of drug-likeness (QED) is 0.636. The van der Waals surface area contributed by atoms with Gasteiger partial charge in [0.2, 0.25) is 0 Å². The second-order valence-electron chi connectivity index (χ2n) is 7.68. The molecule has 0 aromatic rings. The summed E-state index contributed by atoms with van der Waals surface area (Å²) in [6.07, 6.45) is 9.90. The summed E-state index contributed by atoms with van der Waals surface area (Å²) in [5, 5.41) is 3.63. The van der Waals surface area contributed by atoms with Crippen molar-refractivity contribution in [3.8, 4) is 0 Å². The second kappa shape index (κ2) is 6.21. The molecule has 0 amide bonds. The van der Waals surface area contributed by atoms with Gasteiger partial charge in [-0.15, -0.1) is 6.58 Å². The van der Waals surface area contributed by atoms with E-state index < -0.39 is 0 Å². The molecule has 4 aliphatic heterocycles. The van der Waals surface area contributed by atoms with Crippen LogP contribution in [0, 0.1) is 11.8 Å². The third kappa shape index (κ3) is 2.53. The van der Waals surface area contributed by atoms with Crippen LogP contribution >= 0.6 is 12.2 Å². The van der Waals surface area contributed by atoms with Gasteiger partial charge in [-0.1, -0.05) is 18.3 Å². The fraction of sp³-hybridized carbons (Fsp3) is 0.833. The van der Waals surface area contributed by atoms with Crippen molar-refractivity contribution in [3.05, 3.63) is 12.7 Å². The predicted octanol–water partition coefficient (Wildman–Crippen LogP) is 2.43. The number of piperidine rings is 4. The molecular formula is C18H29N3S. The molecule has 4 fully saturated rings. The van der Waals surface area contributed by atoms with Crippen LogP contribution in [0.25, 0.3) is 0 Å². The first-order valence-corrected chi connectivity index (χ1v) is 9.56. The van der Waals surface area contributed by atoms with Gasteiger partial charge in [0.15, 0.2) is 0 Å². The Hall–Kier alpha value is -0.450. The molecule has 3 nitrogen and oxygen atoms in total. The monoisotopic (exact) mass is 319 g/mol. The molecule has 4 unspecified atom stereocenters. The Morgan fingerprint density at radius 1 is 1.27 bits per heavy atom. The fourth-order valence-electron chi connectivity index (χ4n) is 5.69. The van der Waals surface area contributed by atoms with Crippen LogP contribution in [0.4, 0.5) is 0 Å². The molecule has 4 heteroatoms. The highest BCUT2D eigenvalue weighted by molar-refractivity contribution is 7.80. The van der Waals surface area contributed by atoms with E-state index in [4.69, 9.17) is 12.2 Å². The lowest BCUT2D eigenvalue weighted by molar-refractivity contribution is -0.0618. The van der Waals surface area contributed by atoms with E-state index in [1.165, 1.54) is 56.7 Å². The summed E-state index contributed by atoms with van der Waals surface area (Å²) in [5.41, 5.74) is 0. The third-order valence-corrected chi connectivity index (χ3v) is 6.89. The lowest BCUT2D eigenvalue weighted by Gasteiger charge is -2.60. The van der Waals surface area contributed by atoms with Crippen molar-refractivity contribution in [2.75, 3.05) is 26.2 Å². The first-order chi connectivity index (χ1) is 10.8. The fourth-order valence-corrected chi connectivity index (χ4v) is 6.10. The molecule has 5 atom stereocenters. The van der Waals surface area contributed by atoms with Crippen LogP contribution in [0.3, 0.4) is 0 Å². The first-order valence-electron chi connectivity index (χ1n) is 9.15. The minimum absolute atomic E-state index is 0.558. The SMILES string of the molecule is C=CCNC1CC(=S)N2CC3CCCN4CCCC(C34)[C@H]2C1. The molecule has 0 aliphatic carbocycles. The molecule has 0 saturated carbocycles. The predicted molar refractivity (Wildman–Crippen MR) is 95.1 cm³/mol. The van der Waals surface area contributed by atoms with Crippen molar-refractivity contribution >= 4 is 17.2 Å². The molecule has 122 valence electrons. The average molecular weight is 320 g/mol. The Balaban J connectivity index is 1.56. The van der Waals surface area contributed by atoms with Gasteiger partial charge in [0, 0.05) is 37.6 Å². The van der Waals surface area contributed by atoms with E-state index in [9.17, 15) is 0 Å². The topological polar surface area (TPSA) is 18.5 Å². The lowest BCUT2D eigenvalue weighted by Crippen LogP contribution is -2.68. The van der Waals surface area contributed by atoms with Crippen LogP contribution in [0.1, 0.15) is 38.5 Å². The molecule has 4 aliphatic rings. The maximum Gasteiger partial charge on any atom is 0.0797 e. The van der Waals surface area contributed by atoms with Gasteiger partial charge in [-0.25, -0.2) is 0 Å². The Morgan fingerprint density at radius 3 is 2.91 bits per heavy atom. The molecule has 1 N–H and O–H groups in total. The van der Waals surface area contributed by atoms with Crippen molar-refractivity contribution in [1.29, 1.82) is 0 Å². The second-order valence-corrected chi connectivity index (χ2v) is 8.15. The van der Waals surface area contributed by atoms with Crippen LogP contribution < -0.4 is 5.32 Å². The zero-order valence-electron chi connectivity index (χ0n) is 13.5. The van der Waals surface area contributed by atoms with E-state index in [-0.39, 0.29) is 0 Å². The highest BCUT2D eigenvalue weighted by Gasteiger charge is 2.50. The van der Waals surface area contributed by atoms with Crippen molar-refractivity contribution < 1.29 is 0 Å². The summed E-state index contributed by atoms with van der Waals surface area (Å²) in [5.74, 6) is 1.71. The minimum atomic E-state index is 0.558. The maximum absolute atomic E-state index is 5.82. The van der Waals surface area contributed by atoms with Gasteiger partial charge in [-0.3, -0.25) is 4.90 Å². The number of fused-ring (bicyclic) bond motifs is 2. The van der Waals surface area contributed by atoms with Crippen molar-refractivity contribution in [2.45, 2.75) is 56.7 Å². The summed E-state index contributed by atoms with van der Waals surface area (Å²) >= 11 is 5.82. The summed E-state index contributed by atoms with van der Waals surface area (Å²) in [4.78, 5) is 6.69. The van der Waals surface area contributed by atoms with Crippen LogP contribution in [0.2, 0.25) is 0 Å². The zero-order chi connectivity index (χ0) is 15.1. The summed E-state index contributed by atoms with van der Waals surface area (Å²) < 4.78 is 0. The highest BCUT2D eigenvalue weighted by Crippen LogP contribution is 2.44. The molecule has 4 saturated heterocycles. The van der Waals surface area contributed by atoms with E-state index in [2.05, 4.69) is 21.7 Å². The number of rotatable bonds is 3. The largest absolute Gasteiger partial charge is 0.362 e. The summed E-state index contributed by atoms with van der Waals surface area (Å²) in [6.45, 7) is 8.65. The lowest BCUT2D eigenvalue weighted by atomic mass is 9.67. The van der Waals surface area contributed by atoms with E-state index in [0.717, 1.165) is 30.8 Å². The standard InChI is InChI=1S/C18H29N3S/c1-2-7-19-14-10-16-15-6-4-9-20-8-3-5-13(18(15)20)12-21(16)17(22)11-14/h2,13-16,18-19H,1,3-12H2/t13?,14?,15?,16-,18?/m1/s1. The number of thiocarbonyl (C=S) groups is 1. The maximum atomic E-state index is 5.82. The van der Waals surface area contributed by atoms with E-state index >= 15 is 0 Å². The van der Waals surface area contributed by atoms with Gasteiger partial charge >= 0.3 is 0 Å². The van der Waals surface area contributed by atoms with Crippen LogP contribution in [0.15, 0.2) is 12.7 Å². The van der Waals surface area contributed by atoms with E-state index in [1.807, 2.05) is 6.08 Å². The molecule has 0 bridgehead atoms. The van der Waals surface area contributed by atoms with Crippen molar-refractivity contribution in [3.63, 3.8) is 0 Å². The highest BCUT2D eigenvalue weighted by atomic mass is 32.1. The van der Waals surface area contributed by atoms with E-state index in [1.54, 1.807) is 0 Å². The van der Waals surface area contributed by atoms with Gasteiger partial charge in [0.1, 0.15) is 0 Å². The molecule has 0 aromatic heterocycles. The van der Waals surface area contributed by atoms with Gasteiger partial charge in [0.05, 0.1) is 4.99 Å². The van der Waals surface area contributed by atoms with Crippen molar-refractivity contribution in [2.24, 2.45) is 11.8 Å². The molecule has 0 radical (unpaired) electrons. The van der Waals surface area contributed by atoms with Crippen LogP contribution in [-0.2, 0) is 0 Å².